The lowest BCUT2D eigenvalue weighted by molar-refractivity contribution is -0.130. The molecule has 1 amide bonds. The van der Waals surface area contributed by atoms with Crippen LogP contribution in [0.15, 0.2) is 0 Å². The normalized spacial score (nSPS) is 9.95. The first kappa shape index (κ1) is 19.0. The second kappa shape index (κ2) is 14.4. The molecule has 0 aromatic carbocycles. The molecular weight excluding hydrogens is 246 g/mol. The van der Waals surface area contributed by atoms with Gasteiger partial charge in [0.2, 0.25) is 5.91 Å². The van der Waals surface area contributed by atoms with E-state index in [0.717, 1.165) is 45.2 Å². The maximum atomic E-state index is 11.8. The third-order valence-corrected chi connectivity index (χ3v) is 3.59. The first-order chi connectivity index (χ1) is 9.76. The van der Waals surface area contributed by atoms with Crippen molar-refractivity contribution in [3.05, 3.63) is 0 Å². The van der Waals surface area contributed by atoms with Crippen LogP contribution in [0.4, 0.5) is 0 Å². The predicted molar refractivity (Wildman–Crippen MR) is 87.5 cm³/mol. The highest BCUT2D eigenvalue weighted by molar-refractivity contribution is 5.75. The van der Waals surface area contributed by atoms with E-state index in [0.29, 0.717) is 12.3 Å². The van der Waals surface area contributed by atoms with Crippen LogP contribution in [0.2, 0.25) is 0 Å². The maximum Gasteiger partial charge on any atom is 0.222 e. The zero-order chi connectivity index (χ0) is 15.1. The number of rotatable bonds is 11. The third kappa shape index (κ3) is 10.9. The average Bonchev–Trinajstić information content (AvgIpc) is 2.46. The van der Waals surface area contributed by atoms with Gasteiger partial charge in [0.25, 0.3) is 0 Å². The minimum Gasteiger partial charge on any atom is -0.343 e. The second-order valence-corrected chi connectivity index (χ2v) is 5.29. The molecule has 2 heteroatoms. The summed E-state index contributed by atoms with van der Waals surface area (Å²) in [5.41, 5.74) is 0. The molecule has 0 atom stereocenters. The Morgan fingerprint density at radius 2 is 1.35 bits per heavy atom. The Balaban J connectivity index is 3.40. The van der Waals surface area contributed by atoms with Gasteiger partial charge in [0, 0.05) is 32.4 Å². The van der Waals surface area contributed by atoms with E-state index in [1.807, 2.05) is 18.7 Å². The van der Waals surface area contributed by atoms with Crippen molar-refractivity contribution in [2.24, 2.45) is 0 Å². The van der Waals surface area contributed by atoms with Crippen LogP contribution < -0.4 is 0 Å². The quantitative estimate of drug-likeness (QED) is 0.394. The van der Waals surface area contributed by atoms with Gasteiger partial charge in [-0.2, -0.15) is 0 Å². The standard InChI is InChI=1S/C18H33NO/c1-4-7-8-9-10-11-12-13-14-15-16-17-18(20)19(5-2)6-3/h4-10,13-17H2,1-3H3. The summed E-state index contributed by atoms with van der Waals surface area (Å²) in [5, 5.41) is 0. The highest BCUT2D eigenvalue weighted by Crippen LogP contribution is 2.05. The summed E-state index contributed by atoms with van der Waals surface area (Å²) in [6.07, 6.45) is 11.2. The molecule has 0 aromatic rings. The molecule has 116 valence electrons. The van der Waals surface area contributed by atoms with Gasteiger partial charge in [-0.15, -0.1) is 11.8 Å². The molecule has 0 aliphatic heterocycles. The van der Waals surface area contributed by atoms with E-state index >= 15 is 0 Å². The molecule has 2 nitrogen and oxygen atoms in total. The zero-order valence-electron chi connectivity index (χ0n) is 13.8. The van der Waals surface area contributed by atoms with Gasteiger partial charge in [-0.3, -0.25) is 4.79 Å². The van der Waals surface area contributed by atoms with Crippen molar-refractivity contribution in [2.45, 2.75) is 85.0 Å². The monoisotopic (exact) mass is 279 g/mol. The number of amides is 1. The van der Waals surface area contributed by atoms with Crippen LogP contribution in [0.25, 0.3) is 0 Å². The Labute approximate surface area is 126 Å². The summed E-state index contributed by atoms with van der Waals surface area (Å²) in [6.45, 7) is 7.98. The minimum absolute atomic E-state index is 0.303. The maximum absolute atomic E-state index is 11.8. The average molecular weight is 279 g/mol. The molecule has 0 saturated heterocycles. The molecule has 0 radical (unpaired) electrons. The summed E-state index contributed by atoms with van der Waals surface area (Å²) in [4.78, 5) is 13.7. The molecule has 0 aliphatic carbocycles. The first-order valence-corrected chi connectivity index (χ1v) is 8.49. The van der Waals surface area contributed by atoms with Crippen molar-refractivity contribution >= 4 is 5.91 Å². The fourth-order valence-corrected chi connectivity index (χ4v) is 2.22. The smallest absolute Gasteiger partial charge is 0.222 e. The first-order valence-electron chi connectivity index (χ1n) is 8.49. The van der Waals surface area contributed by atoms with Crippen molar-refractivity contribution in [2.75, 3.05) is 13.1 Å². The zero-order valence-corrected chi connectivity index (χ0v) is 13.8. The van der Waals surface area contributed by atoms with Crippen LogP contribution >= 0.6 is 0 Å². The Morgan fingerprint density at radius 3 is 1.85 bits per heavy atom. The van der Waals surface area contributed by atoms with Crippen molar-refractivity contribution in [3.8, 4) is 11.8 Å². The summed E-state index contributed by atoms with van der Waals surface area (Å²) in [7, 11) is 0. The molecule has 0 fully saturated rings. The van der Waals surface area contributed by atoms with Crippen LogP contribution in [-0.4, -0.2) is 23.9 Å². The number of unbranched alkanes of at least 4 members (excludes halogenated alkanes) is 7. The predicted octanol–water partition coefficient (Wildman–Crippen LogP) is 4.78. The number of carbonyl (C=O) groups is 1. The lowest BCUT2D eigenvalue weighted by atomic mass is 10.1. The van der Waals surface area contributed by atoms with Gasteiger partial charge in [0.1, 0.15) is 0 Å². The van der Waals surface area contributed by atoms with Gasteiger partial charge < -0.3 is 4.90 Å². The fourth-order valence-electron chi connectivity index (χ4n) is 2.22. The Hall–Kier alpha value is -0.970. The van der Waals surface area contributed by atoms with E-state index < -0.39 is 0 Å². The van der Waals surface area contributed by atoms with Gasteiger partial charge in [-0.25, -0.2) is 0 Å². The van der Waals surface area contributed by atoms with Crippen molar-refractivity contribution in [1.29, 1.82) is 0 Å². The molecule has 20 heavy (non-hydrogen) atoms. The molecule has 0 rings (SSSR count). The second-order valence-electron chi connectivity index (χ2n) is 5.29. The Morgan fingerprint density at radius 1 is 0.800 bits per heavy atom. The lowest BCUT2D eigenvalue weighted by Gasteiger charge is -2.18. The Bertz CT molecular complexity index is 284. The van der Waals surface area contributed by atoms with Crippen LogP contribution in [0.5, 0.6) is 0 Å². The minimum atomic E-state index is 0.303. The Kier molecular flexibility index (Phi) is 13.7. The summed E-state index contributed by atoms with van der Waals surface area (Å²) in [6, 6.07) is 0. The van der Waals surface area contributed by atoms with E-state index in [9.17, 15) is 4.79 Å². The molecule has 0 aromatic heterocycles. The molecule has 0 aliphatic rings. The van der Waals surface area contributed by atoms with Crippen molar-refractivity contribution < 1.29 is 4.79 Å². The van der Waals surface area contributed by atoms with Gasteiger partial charge in [-0.1, -0.05) is 32.6 Å². The number of hydrogen-bond donors (Lipinski definition) is 0. The van der Waals surface area contributed by atoms with Crippen molar-refractivity contribution in [3.63, 3.8) is 0 Å². The largest absolute Gasteiger partial charge is 0.343 e. The molecule has 0 unspecified atom stereocenters. The van der Waals surface area contributed by atoms with Crippen LogP contribution in [0.1, 0.15) is 85.0 Å². The number of hydrogen-bond acceptors (Lipinski definition) is 1. The van der Waals surface area contributed by atoms with E-state index in [1.54, 1.807) is 0 Å². The summed E-state index contributed by atoms with van der Waals surface area (Å²) >= 11 is 0. The molecule has 0 N–H and O–H groups in total. The number of nitrogens with zero attached hydrogens (tertiary/aromatic N) is 1. The topological polar surface area (TPSA) is 20.3 Å². The fraction of sp³-hybridized carbons (Fsp3) is 0.833. The van der Waals surface area contributed by atoms with E-state index in [1.165, 1.54) is 25.7 Å². The van der Waals surface area contributed by atoms with Crippen LogP contribution in [0, 0.1) is 11.8 Å². The molecular formula is C18H33NO. The molecule has 0 bridgehead atoms. The van der Waals surface area contributed by atoms with Gasteiger partial charge >= 0.3 is 0 Å². The number of carbonyl (C=O) groups excluding carboxylic acids is 1. The molecule has 0 heterocycles. The van der Waals surface area contributed by atoms with Gasteiger partial charge in [0.15, 0.2) is 0 Å². The van der Waals surface area contributed by atoms with Gasteiger partial charge in [0.05, 0.1) is 0 Å². The van der Waals surface area contributed by atoms with Gasteiger partial charge in [-0.05, 0) is 33.1 Å². The highest BCUT2D eigenvalue weighted by atomic mass is 16.2. The van der Waals surface area contributed by atoms with Crippen LogP contribution in [0.3, 0.4) is 0 Å². The summed E-state index contributed by atoms with van der Waals surface area (Å²) < 4.78 is 0. The van der Waals surface area contributed by atoms with E-state index in [-0.39, 0.29) is 0 Å². The summed E-state index contributed by atoms with van der Waals surface area (Å²) in [5.74, 6) is 6.81. The highest BCUT2D eigenvalue weighted by Gasteiger charge is 2.07. The lowest BCUT2D eigenvalue weighted by Crippen LogP contribution is -2.30. The van der Waals surface area contributed by atoms with E-state index in [2.05, 4.69) is 18.8 Å². The van der Waals surface area contributed by atoms with Crippen LogP contribution in [-0.2, 0) is 4.79 Å². The molecule has 0 saturated carbocycles. The third-order valence-electron chi connectivity index (χ3n) is 3.59. The SMILES string of the molecule is CCCCCCC#CCCCCCC(=O)N(CC)CC. The molecule has 0 spiro atoms. The van der Waals surface area contributed by atoms with Crippen molar-refractivity contribution in [1.82, 2.24) is 4.90 Å². The van der Waals surface area contributed by atoms with E-state index in [4.69, 9.17) is 0 Å².